The summed E-state index contributed by atoms with van der Waals surface area (Å²) in [6, 6.07) is 0. The molecule has 0 fully saturated rings. The first-order valence-electron chi connectivity index (χ1n) is 5.01. The van der Waals surface area contributed by atoms with Gasteiger partial charge < -0.3 is 4.90 Å². The molecule has 0 spiro atoms. The van der Waals surface area contributed by atoms with E-state index in [1.165, 1.54) is 5.57 Å². The lowest BCUT2D eigenvalue weighted by atomic mass is 10.2. The number of alkyl halides is 2. The van der Waals surface area contributed by atoms with Crippen LogP contribution in [0.5, 0.6) is 0 Å². The van der Waals surface area contributed by atoms with E-state index in [0.29, 0.717) is 11.8 Å². The predicted octanol–water partition coefficient (Wildman–Crippen LogP) is 1.62. The molecule has 5 heteroatoms. The summed E-state index contributed by atoms with van der Waals surface area (Å²) in [5, 5.41) is 0. The largest absolute Gasteiger partial charge is 0.361 e. The van der Waals surface area contributed by atoms with Gasteiger partial charge in [-0.3, -0.25) is 9.89 Å². The van der Waals surface area contributed by atoms with Crippen LogP contribution in [0.1, 0.15) is 0 Å². The van der Waals surface area contributed by atoms with Crippen molar-refractivity contribution in [1.29, 1.82) is 0 Å². The Bertz CT molecular complexity index is 235. The molecule has 0 N–H and O–H groups in total. The number of hydrogen-bond donors (Lipinski definition) is 0. The molecule has 0 bridgehead atoms. The Hall–Kier alpha value is -0.250. The second-order valence-corrected chi connectivity index (χ2v) is 4.32. The fourth-order valence-electron chi connectivity index (χ4n) is 1.49. The standard InChI is InChI=1S/C10H17Cl2N3/c1-14-7-10(6-13-9-14)8-15(4-2-11)5-3-12/h6-7H,2-5,8-9H2,1H3. The highest BCUT2D eigenvalue weighted by Gasteiger charge is 2.08. The van der Waals surface area contributed by atoms with Crippen molar-refractivity contribution in [2.24, 2.45) is 4.99 Å². The second kappa shape index (κ2) is 7.09. The molecular weight excluding hydrogens is 233 g/mol. The van der Waals surface area contributed by atoms with Crippen molar-refractivity contribution in [2.45, 2.75) is 0 Å². The normalized spacial score (nSPS) is 16.0. The third-order valence-electron chi connectivity index (χ3n) is 2.16. The number of aliphatic imine (C=N–C) groups is 1. The van der Waals surface area contributed by atoms with Gasteiger partial charge in [-0.25, -0.2) is 0 Å². The second-order valence-electron chi connectivity index (χ2n) is 3.57. The highest BCUT2D eigenvalue weighted by atomic mass is 35.5. The first-order valence-corrected chi connectivity index (χ1v) is 6.08. The SMILES string of the molecule is CN1C=C(CN(CCCl)CCCl)C=NC1. The molecule has 0 aliphatic carbocycles. The fourth-order valence-corrected chi connectivity index (χ4v) is 1.97. The molecule has 0 radical (unpaired) electrons. The summed E-state index contributed by atoms with van der Waals surface area (Å²) in [7, 11) is 2.02. The highest BCUT2D eigenvalue weighted by molar-refractivity contribution is 6.18. The van der Waals surface area contributed by atoms with Crippen LogP contribution in [-0.2, 0) is 0 Å². The first kappa shape index (κ1) is 12.8. The number of rotatable bonds is 6. The lowest BCUT2D eigenvalue weighted by Crippen LogP contribution is -2.31. The molecule has 86 valence electrons. The summed E-state index contributed by atoms with van der Waals surface area (Å²) >= 11 is 11.5. The molecule has 0 aromatic heterocycles. The predicted molar refractivity (Wildman–Crippen MR) is 67.1 cm³/mol. The van der Waals surface area contributed by atoms with Crippen LogP contribution >= 0.6 is 23.2 Å². The third-order valence-corrected chi connectivity index (χ3v) is 2.49. The van der Waals surface area contributed by atoms with Crippen molar-refractivity contribution in [3.8, 4) is 0 Å². The topological polar surface area (TPSA) is 18.8 Å². The van der Waals surface area contributed by atoms with Gasteiger partial charge in [0.1, 0.15) is 6.67 Å². The average molecular weight is 250 g/mol. The van der Waals surface area contributed by atoms with Crippen LogP contribution in [0.4, 0.5) is 0 Å². The van der Waals surface area contributed by atoms with Gasteiger partial charge in [0, 0.05) is 50.9 Å². The van der Waals surface area contributed by atoms with Gasteiger partial charge in [-0.15, -0.1) is 23.2 Å². The third kappa shape index (κ3) is 4.87. The molecule has 1 aliphatic rings. The summed E-state index contributed by atoms with van der Waals surface area (Å²) in [5.41, 5.74) is 1.21. The molecule has 1 aliphatic heterocycles. The number of nitrogens with zero attached hydrogens (tertiary/aromatic N) is 3. The maximum absolute atomic E-state index is 5.73. The molecule has 1 heterocycles. The van der Waals surface area contributed by atoms with Crippen LogP contribution in [0.25, 0.3) is 0 Å². The van der Waals surface area contributed by atoms with Crippen molar-refractivity contribution >= 4 is 29.4 Å². The van der Waals surface area contributed by atoms with Crippen molar-refractivity contribution < 1.29 is 0 Å². The van der Waals surface area contributed by atoms with E-state index in [0.717, 1.165) is 26.3 Å². The Morgan fingerprint density at radius 3 is 2.60 bits per heavy atom. The van der Waals surface area contributed by atoms with Crippen molar-refractivity contribution in [3.05, 3.63) is 11.8 Å². The summed E-state index contributed by atoms with van der Waals surface area (Å²) in [5.74, 6) is 1.27. The van der Waals surface area contributed by atoms with Gasteiger partial charge in [-0.1, -0.05) is 0 Å². The number of halogens is 2. The van der Waals surface area contributed by atoms with Gasteiger partial charge in [0.25, 0.3) is 0 Å². The summed E-state index contributed by atoms with van der Waals surface area (Å²) < 4.78 is 0. The summed E-state index contributed by atoms with van der Waals surface area (Å²) in [6.07, 6.45) is 4.04. The van der Waals surface area contributed by atoms with E-state index in [1.807, 2.05) is 13.3 Å². The Balaban J connectivity index is 2.45. The lowest BCUT2D eigenvalue weighted by Gasteiger charge is -2.23. The van der Waals surface area contributed by atoms with E-state index in [-0.39, 0.29) is 0 Å². The summed E-state index contributed by atoms with van der Waals surface area (Å²) in [4.78, 5) is 8.55. The van der Waals surface area contributed by atoms with Crippen LogP contribution in [0.15, 0.2) is 16.8 Å². The van der Waals surface area contributed by atoms with Gasteiger partial charge >= 0.3 is 0 Å². The molecule has 0 aromatic carbocycles. The number of hydrogen-bond acceptors (Lipinski definition) is 3. The average Bonchev–Trinajstić information content (AvgIpc) is 2.18. The Morgan fingerprint density at radius 1 is 1.40 bits per heavy atom. The monoisotopic (exact) mass is 249 g/mol. The molecule has 15 heavy (non-hydrogen) atoms. The molecule has 0 aromatic rings. The Labute approximate surface area is 101 Å². The first-order chi connectivity index (χ1) is 7.26. The van der Waals surface area contributed by atoms with Crippen LogP contribution in [0, 0.1) is 0 Å². The van der Waals surface area contributed by atoms with E-state index in [2.05, 4.69) is 21.0 Å². The fraction of sp³-hybridized carbons (Fsp3) is 0.700. The molecule has 0 saturated carbocycles. The van der Waals surface area contributed by atoms with Gasteiger partial charge in [0.15, 0.2) is 0 Å². The molecular formula is C10H17Cl2N3. The molecule has 3 nitrogen and oxygen atoms in total. The minimum Gasteiger partial charge on any atom is -0.361 e. The zero-order chi connectivity index (χ0) is 11.1. The summed E-state index contributed by atoms with van der Waals surface area (Å²) in [6.45, 7) is 3.34. The Morgan fingerprint density at radius 2 is 2.07 bits per heavy atom. The van der Waals surface area contributed by atoms with Crippen LogP contribution in [0.2, 0.25) is 0 Å². The van der Waals surface area contributed by atoms with Gasteiger partial charge in [0.2, 0.25) is 0 Å². The molecule has 1 rings (SSSR count). The molecule has 0 amide bonds. The maximum Gasteiger partial charge on any atom is 0.109 e. The van der Waals surface area contributed by atoms with Crippen molar-refractivity contribution in [3.63, 3.8) is 0 Å². The van der Waals surface area contributed by atoms with E-state index in [9.17, 15) is 0 Å². The van der Waals surface area contributed by atoms with Gasteiger partial charge in [-0.05, 0) is 5.57 Å². The quantitative estimate of drug-likeness (QED) is 0.667. The van der Waals surface area contributed by atoms with Crippen LogP contribution < -0.4 is 0 Å². The minimum atomic E-state index is 0.636. The minimum absolute atomic E-state index is 0.636. The van der Waals surface area contributed by atoms with E-state index in [4.69, 9.17) is 23.2 Å². The van der Waals surface area contributed by atoms with Gasteiger partial charge in [0.05, 0.1) is 0 Å². The van der Waals surface area contributed by atoms with E-state index < -0.39 is 0 Å². The molecule has 0 unspecified atom stereocenters. The van der Waals surface area contributed by atoms with Gasteiger partial charge in [-0.2, -0.15) is 0 Å². The van der Waals surface area contributed by atoms with Crippen LogP contribution in [-0.4, -0.2) is 61.1 Å². The van der Waals surface area contributed by atoms with Crippen molar-refractivity contribution in [2.75, 3.05) is 45.1 Å². The van der Waals surface area contributed by atoms with Crippen molar-refractivity contribution in [1.82, 2.24) is 9.80 Å². The van der Waals surface area contributed by atoms with E-state index >= 15 is 0 Å². The molecule has 0 atom stereocenters. The van der Waals surface area contributed by atoms with E-state index in [1.54, 1.807) is 0 Å². The zero-order valence-electron chi connectivity index (χ0n) is 8.99. The maximum atomic E-state index is 5.73. The highest BCUT2D eigenvalue weighted by Crippen LogP contribution is 2.04. The smallest absolute Gasteiger partial charge is 0.109 e. The zero-order valence-corrected chi connectivity index (χ0v) is 10.5. The lowest BCUT2D eigenvalue weighted by molar-refractivity contribution is 0.333. The van der Waals surface area contributed by atoms with Crippen LogP contribution in [0.3, 0.4) is 0 Å². The molecule has 0 saturated heterocycles. The Kier molecular flexibility index (Phi) is 6.06.